The number of pyridine rings is 1. The number of carbonyl (C=O) groups is 2. The van der Waals surface area contributed by atoms with Crippen molar-refractivity contribution in [3.8, 4) is 0 Å². The molecule has 0 aromatic carbocycles. The topological polar surface area (TPSA) is 71.5 Å². The molecule has 3 rings (SSSR count). The molecule has 2 aromatic rings. The zero-order valence-corrected chi connectivity index (χ0v) is 15.9. The first kappa shape index (κ1) is 18.5. The van der Waals surface area contributed by atoms with E-state index in [2.05, 4.69) is 15.2 Å². The molecule has 1 amide bonds. The largest absolute Gasteiger partial charge is 0.378 e. The average Bonchev–Trinajstić information content (AvgIpc) is 2.99. The van der Waals surface area contributed by atoms with Crippen LogP contribution in [0, 0.1) is 13.8 Å². The van der Waals surface area contributed by atoms with Crippen LogP contribution < -0.4 is 10.2 Å². The van der Waals surface area contributed by atoms with E-state index < -0.39 is 0 Å². The van der Waals surface area contributed by atoms with Gasteiger partial charge in [-0.25, -0.2) is 4.98 Å². The van der Waals surface area contributed by atoms with E-state index in [1.165, 1.54) is 0 Å². The number of carbonyl (C=O) groups excluding carboxylic acids is 2. The predicted molar refractivity (Wildman–Crippen MR) is 103 cm³/mol. The van der Waals surface area contributed by atoms with Crippen molar-refractivity contribution in [1.82, 2.24) is 4.98 Å². The van der Waals surface area contributed by atoms with Gasteiger partial charge in [-0.3, -0.25) is 9.59 Å². The Balaban J connectivity index is 1.50. The second-order valence-electron chi connectivity index (χ2n) is 6.30. The maximum absolute atomic E-state index is 12.3. The van der Waals surface area contributed by atoms with E-state index in [1.807, 2.05) is 26.0 Å². The molecule has 0 saturated carbocycles. The van der Waals surface area contributed by atoms with E-state index in [9.17, 15) is 9.59 Å². The van der Waals surface area contributed by atoms with Crippen LogP contribution in [0.4, 0.5) is 11.5 Å². The molecule has 1 aliphatic heterocycles. The summed E-state index contributed by atoms with van der Waals surface area (Å²) in [5.41, 5.74) is 1.75. The number of Topliss-reactive ketones (excluding diaryl/α,β-unsaturated/α-hetero) is 1. The number of nitrogens with zero attached hydrogens (tertiary/aromatic N) is 2. The van der Waals surface area contributed by atoms with E-state index in [4.69, 9.17) is 4.74 Å². The van der Waals surface area contributed by atoms with Crippen LogP contribution in [-0.2, 0) is 9.53 Å². The number of anilines is 2. The van der Waals surface area contributed by atoms with E-state index in [1.54, 1.807) is 23.6 Å². The van der Waals surface area contributed by atoms with Crippen molar-refractivity contribution in [3.63, 3.8) is 0 Å². The van der Waals surface area contributed by atoms with Gasteiger partial charge in [-0.1, -0.05) is 0 Å². The molecule has 0 radical (unpaired) electrons. The highest BCUT2D eigenvalue weighted by atomic mass is 32.1. The van der Waals surface area contributed by atoms with Gasteiger partial charge in [0.2, 0.25) is 5.91 Å². The smallest absolute Gasteiger partial charge is 0.225 e. The third-order valence-corrected chi connectivity index (χ3v) is 5.28. The van der Waals surface area contributed by atoms with Crippen LogP contribution in [0.15, 0.2) is 24.4 Å². The molecule has 3 heterocycles. The van der Waals surface area contributed by atoms with Gasteiger partial charge in [0, 0.05) is 41.2 Å². The van der Waals surface area contributed by atoms with Crippen LogP contribution >= 0.6 is 11.3 Å². The number of aryl methyl sites for hydroxylation is 2. The molecule has 7 heteroatoms. The van der Waals surface area contributed by atoms with Crippen molar-refractivity contribution in [1.29, 1.82) is 0 Å². The van der Waals surface area contributed by atoms with Gasteiger partial charge >= 0.3 is 0 Å². The molecular weight excluding hydrogens is 350 g/mol. The highest BCUT2D eigenvalue weighted by Crippen LogP contribution is 2.22. The van der Waals surface area contributed by atoms with Gasteiger partial charge in [0.15, 0.2) is 5.78 Å². The number of thiophene rings is 1. The highest BCUT2D eigenvalue weighted by Gasteiger charge is 2.15. The van der Waals surface area contributed by atoms with Crippen LogP contribution in [0.2, 0.25) is 0 Å². The lowest BCUT2D eigenvalue weighted by molar-refractivity contribution is -0.116. The molecule has 0 atom stereocenters. The number of ether oxygens (including phenoxy) is 1. The number of hydrogen-bond donors (Lipinski definition) is 1. The quantitative estimate of drug-likeness (QED) is 0.788. The van der Waals surface area contributed by atoms with Gasteiger partial charge in [-0.05, 0) is 32.0 Å². The fraction of sp³-hybridized carbons (Fsp3) is 0.421. The number of nitrogens with one attached hydrogen (secondary N) is 1. The van der Waals surface area contributed by atoms with Gasteiger partial charge in [0.05, 0.1) is 25.1 Å². The molecule has 138 valence electrons. The van der Waals surface area contributed by atoms with Gasteiger partial charge in [-0.2, -0.15) is 0 Å². The van der Waals surface area contributed by atoms with Gasteiger partial charge < -0.3 is 15.0 Å². The lowest BCUT2D eigenvalue weighted by Gasteiger charge is -2.28. The molecule has 0 spiro atoms. The van der Waals surface area contributed by atoms with Crippen LogP contribution in [-0.4, -0.2) is 43.0 Å². The molecule has 1 fully saturated rings. The minimum Gasteiger partial charge on any atom is -0.378 e. The third kappa shape index (κ3) is 4.68. The first-order valence-electron chi connectivity index (χ1n) is 8.72. The van der Waals surface area contributed by atoms with Crippen molar-refractivity contribution < 1.29 is 14.3 Å². The molecular formula is C19H23N3O3S. The molecule has 1 N–H and O–H groups in total. The fourth-order valence-electron chi connectivity index (χ4n) is 2.94. The Morgan fingerprint density at radius 2 is 2.00 bits per heavy atom. The van der Waals surface area contributed by atoms with Crippen molar-refractivity contribution in [2.45, 2.75) is 26.7 Å². The van der Waals surface area contributed by atoms with Crippen molar-refractivity contribution in [3.05, 3.63) is 39.7 Å². The summed E-state index contributed by atoms with van der Waals surface area (Å²) in [7, 11) is 0. The Morgan fingerprint density at radius 3 is 2.62 bits per heavy atom. The summed E-state index contributed by atoms with van der Waals surface area (Å²) in [6.45, 7) is 7.04. The predicted octanol–water partition coefficient (Wildman–Crippen LogP) is 3.20. The fourth-order valence-corrected chi connectivity index (χ4v) is 3.89. The summed E-state index contributed by atoms with van der Waals surface area (Å²) in [6.07, 6.45) is 2.11. The van der Waals surface area contributed by atoms with E-state index in [-0.39, 0.29) is 24.5 Å². The zero-order chi connectivity index (χ0) is 18.5. The second kappa shape index (κ2) is 8.42. The number of amides is 1. The van der Waals surface area contributed by atoms with Gasteiger partial charge in [-0.15, -0.1) is 11.3 Å². The monoisotopic (exact) mass is 373 g/mol. The number of ketones is 1. The number of rotatable bonds is 6. The SMILES string of the molecule is Cc1cc(C(=O)CCC(=O)Nc2ccc(N3CCOCC3)cn2)c(C)s1. The molecule has 26 heavy (non-hydrogen) atoms. The Hall–Kier alpha value is -2.25. The summed E-state index contributed by atoms with van der Waals surface area (Å²) in [5.74, 6) is 0.314. The number of aromatic nitrogens is 1. The van der Waals surface area contributed by atoms with Crippen LogP contribution in [0.25, 0.3) is 0 Å². The molecule has 0 unspecified atom stereocenters. The molecule has 6 nitrogen and oxygen atoms in total. The van der Waals surface area contributed by atoms with Gasteiger partial charge in [0.1, 0.15) is 5.82 Å². The third-order valence-electron chi connectivity index (χ3n) is 4.31. The molecule has 0 aliphatic carbocycles. The van der Waals surface area contributed by atoms with Crippen molar-refractivity contribution in [2.75, 3.05) is 36.5 Å². The lowest BCUT2D eigenvalue weighted by Crippen LogP contribution is -2.36. The first-order valence-corrected chi connectivity index (χ1v) is 9.53. The molecule has 1 saturated heterocycles. The van der Waals surface area contributed by atoms with Crippen LogP contribution in [0.3, 0.4) is 0 Å². The molecule has 0 bridgehead atoms. The minimum atomic E-state index is -0.199. The maximum Gasteiger partial charge on any atom is 0.225 e. The first-order chi connectivity index (χ1) is 12.5. The Labute approximate surface area is 157 Å². The standard InChI is InChI=1S/C19H23N3O3S/c1-13-11-16(14(2)26-13)17(23)4-6-19(24)21-18-5-3-15(12-20-18)22-7-9-25-10-8-22/h3,5,11-12H,4,6-10H2,1-2H3,(H,20,21,24). The highest BCUT2D eigenvalue weighted by molar-refractivity contribution is 7.12. The molecule has 2 aromatic heterocycles. The minimum absolute atomic E-state index is 0.0117. The maximum atomic E-state index is 12.3. The summed E-state index contributed by atoms with van der Waals surface area (Å²) in [5, 5.41) is 2.76. The Morgan fingerprint density at radius 1 is 1.23 bits per heavy atom. The lowest BCUT2D eigenvalue weighted by atomic mass is 10.1. The summed E-state index contributed by atoms with van der Waals surface area (Å²) in [4.78, 5) is 33.0. The van der Waals surface area contributed by atoms with Crippen molar-refractivity contribution in [2.24, 2.45) is 0 Å². The Kier molecular flexibility index (Phi) is 6.00. The molecule has 1 aliphatic rings. The summed E-state index contributed by atoms with van der Waals surface area (Å²) < 4.78 is 5.34. The van der Waals surface area contributed by atoms with E-state index in [0.29, 0.717) is 5.82 Å². The van der Waals surface area contributed by atoms with E-state index >= 15 is 0 Å². The normalized spacial score (nSPS) is 14.3. The van der Waals surface area contributed by atoms with Crippen LogP contribution in [0.5, 0.6) is 0 Å². The summed E-state index contributed by atoms with van der Waals surface area (Å²) >= 11 is 1.60. The zero-order valence-electron chi connectivity index (χ0n) is 15.1. The van der Waals surface area contributed by atoms with Crippen LogP contribution in [0.1, 0.15) is 33.0 Å². The summed E-state index contributed by atoms with van der Waals surface area (Å²) in [6, 6.07) is 5.62. The Bertz CT molecular complexity index is 780. The van der Waals surface area contributed by atoms with Crippen molar-refractivity contribution >= 4 is 34.5 Å². The van der Waals surface area contributed by atoms with Gasteiger partial charge in [0.25, 0.3) is 0 Å². The number of hydrogen-bond acceptors (Lipinski definition) is 6. The van der Waals surface area contributed by atoms with E-state index in [0.717, 1.165) is 47.3 Å². The average molecular weight is 373 g/mol. The second-order valence-corrected chi connectivity index (χ2v) is 7.76. The number of morpholine rings is 1.